The largest absolute Gasteiger partial charge is 0.465 e. The van der Waals surface area contributed by atoms with Crippen molar-refractivity contribution in [3.05, 3.63) is 24.7 Å². The molecule has 4 rings (SSSR count). The number of ether oxygens (including phenoxy) is 1. The Balaban J connectivity index is 1.68. The van der Waals surface area contributed by atoms with E-state index >= 15 is 0 Å². The summed E-state index contributed by atoms with van der Waals surface area (Å²) in [5, 5.41) is 14.4. The topological polar surface area (TPSA) is 127 Å². The fourth-order valence-electron chi connectivity index (χ4n) is 4.13. The minimum Gasteiger partial charge on any atom is -0.465 e. The minimum absolute atomic E-state index is 0.0927. The van der Waals surface area contributed by atoms with Gasteiger partial charge in [0.1, 0.15) is 21.6 Å². The lowest BCUT2D eigenvalue weighted by Gasteiger charge is -2.32. The lowest BCUT2D eigenvalue weighted by atomic mass is 10.0. The predicted molar refractivity (Wildman–Crippen MR) is 144 cm³/mol. The Bertz CT molecular complexity index is 1350. The summed E-state index contributed by atoms with van der Waals surface area (Å²) < 4.78 is 32.2. The molecule has 36 heavy (non-hydrogen) atoms. The number of rotatable bonds is 9. The van der Waals surface area contributed by atoms with Crippen molar-refractivity contribution in [2.75, 3.05) is 31.3 Å². The normalized spacial score (nSPS) is 17.0. The van der Waals surface area contributed by atoms with Crippen LogP contribution in [0.4, 0.5) is 10.5 Å². The fraction of sp³-hybridized carbons (Fsp3) is 0.522. The number of carboxylic acid groups (broad SMARTS) is 1. The molecule has 0 saturated carbocycles. The summed E-state index contributed by atoms with van der Waals surface area (Å²) in [7, 11) is -4.57. The van der Waals surface area contributed by atoms with E-state index < -0.39 is 24.0 Å². The van der Waals surface area contributed by atoms with Crippen LogP contribution in [-0.2, 0) is 21.3 Å². The highest BCUT2D eigenvalue weighted by Gasteiger charge is 2.26. The molecule has 196 valence electrons. The lowest BCUT2D eigenvalue weighted by molar-refractivity contribution is 0.0899. The summed E-state index contributed by atoms with van der Waals surface area (Å²) in [5.41, 5.74) is 2.19. The van der Waals surface area contributed by atoms with Crippen LogP contribution in [0.5, 0.6) is 0 Å². The zero-order valence-electron chi connectivity index (χ0n) is 21.0. The van der Waals surface area contributed by atoms with E-state index in [4.69, 9.17) is 4.74 Å². The molecule has 1 saturated heterocycles. The molecule has 0 radical (unpaired) electrons. The molecule has 1 aliphatic rings. The van der Waals surface area contributed by atoms with Crippen LogP contribution in [0, 0.1) is 0 Å². The van der Waals surface area contributed by atoms with Gasteiger partial charge in [-0.3, -0.25) is 0 Å². The molecule has 10 nitrogen and oxygen atoms in total. The second kappa shape index (κ2) is 10.5. The number of hydrogen-bond acceptors (Lipinski definition) is 8. The average molecular weight is 552 g/mol. The molecule has 13 heteroatoms. The van der Waals surface area contributed by atoms with Gasteiger partial charge >= 0.3 is 6.09 Å². The van der Waals surface area contributed by atoms with Gasteiger partial charge in [-0.15, -0.1) is 11.3 Å². The van der Waals surface area contributed by atoms with E-state index in [1.807, 2.05) is 16.8 Å². The van der Waals surface area contributed by atoms with Crippen LogP contribution in [0.15, 0.2) is 28.9 Å². The van der Waals surface area contributed by atoms with Crippen LogP contribution in [0.3, 0.4) is 0 Å². The molecule has 0 spiro atoms. The Kier molecular flexibility index (Phi) is 7.74. The number of fused-ring (bicyclic) bond motifs is 1. The standard InChI is InChI=1S/C23H33N5O5S2Si/c1-35(31,32)19-13-25-22(34-19)18-12-24-21-17(7-9-28(21)15-33-10-11-36(2,3)4)20(18)26-16-6-5-8-27(14-16)23(29)30/h7,9,12-13,16H,5-6,8,10-11,14-15H2,1-4H3,(H,24,26)(H,29,30)/t16-/m1/s1. The first-order valence-electron chi connectivity index (χ1n) is 11.9. The second-order valence-electron chi connectivity index (χ2n) is 10.4. The molecule has 1 atom stereocenters. The molecule has 1 fully saturated rings. The maximum Gasteiger partial charge on any atom is 0.407 e. The highest BCUT2D eigenvalue weighted by atomic mass is 32.2. The summed E-state index contributed by atoms with van der Waals surface area (Å²) in [6.45, 7) is 8.89. The zero-order chi connectivity index (χ0) is 26.1. The van der Waals surface area contributed by atoms with Gasteiger partial charge in [0, 0.05) is 57.8 Å². The smallest absolute Gasteiger partial charge is 0.407 e. The van der Waals surface area contributed by atoms with Gasteiger partial charge in [-0.05, 0) is 25.0 Å². The molecule has 1 aliphatic heterocycles. The molecule has 0 unspecified atom stereocenters. The first-order chi connectivity index (χ1) is 16.9. The Morgan fingerprint density at radius 2 is 2.08 bits per heavy atom. The third kappa shape index (κ3) is 6.25. The number of carbonyl (C=O) groups is 1. The summed E-state index contributed by atoms with van der Waals surface area (Å²) in [5.74, 6) is 0. The maximum atomic E-state index is 12.0. The monoisotopic (exact) mass is 551 g/mol. The summed E-state index contributed by atoms with van der Waals surface area (Å²) in [4.78, 5) is 22.0. The molecule has 3 aromatic rings. The SMILES string of the molecule is C[Si](C)(C)CCOCn1ccc2c(N[C@@H]3CCCN(C(=O)O)C3)c(-c3ncc(S(C)(=O)=O)s3)cnc21. The van der Waals surface area contributed by atoms with Gasteiger partial charge in [0.15, 0.2) is 9.84 Å². The van der Waals surface area contributed by atoms with Gasteiger partial charge in [0.2, 0.25) is 0 Å². The van der Waals surface area contributed by atoms with E-state index in [9.17, 15) is 18.3 Å². The predicted octanol–water partition coefficient (Wildman–Crippen LogP) is 4.43. The van der Waals surface area contributed by atoms with E-state index in [0.29, 0.717) is 37.0 Å². The first-order valence-corrected chi connectivity index (χ1v) is 18.3. The number of aromatic nitrogens is 3. The lowest BCUT2D eigenvalue weighted by Crippen LogP contribution is -2.44. The molecular formula is C23H33N5O5S2Si. The van der Waals surface area contributed by atoms with Crippen molar-refractivity contribution in [2.45, 2.75) is 55.5 Å². The summed E-state index contributed by atoms with van der Waals surface area (Å²) in [6, 6.07) is 2.94. The quantitative estimate of drug-likeness (QED) is 0.295. The van der Waals surface area contributed by atoms with Crippen LogP contribution in [0.1, 0.15) is 12.8 Å². The van der Waals surface area contributed by atoms with Crippen LogP contribution >= 0.6 is 11.3 Å². The Labute approximate surface area is 216 Å². The van der Waals surface area contributed by atoms with Crippen molar-refractivity contribution in [1.29, 1.82) is 0 Å². The Morgan fingerprint density at radius 1 is 1.31 bits per heavy atom. The number of pyridine rings is 1. The summed E-state index contributed by atoms with van der Waals surface area (Å²) in [6.07, 6.45) is 6.81. The van der Waals surface area contributed by atoms with Crippen LogP contribution in [-0.4, -0.2) is 79.1 Å². The van der Waals surface area contributed by atoms with Gasteiger partial charge in [-0.2, -0.15) is 0 Å². The first kappa shape index (κ1) is 26.6. The van der Waals surface area contributed by atoms with Crippen LogP contribution in [0.25, 0.3) is 21.6 Å². The molecule has 4 heterocycles. The van der Waals surface area contributed by atoms with Crippen molar-refractivity contribution in [3.63, 3.8) is 0 Å². The molecule has 0 aromatic carbocycles. The van der Waals surface area contributed by atoms with Gasteiger partial charge in [0.05, 0.1) is 17.4 Å². The highest BCUT2D eigenvalue weighted by molar-refractivity contribution is 7.92. The number of anilines is 1. The van der Waals surface area contributed by atoms with Crippen molar-refractivity contribution >= 4 is 52.1 Å². The Morgan fingerprint density at radius 3 is 2.75 bits per heavy atom. The van der Waals surface area contributed by atoms with Gasteiger partial charge in [0.25, 0.3) is 0 Å². The maximum absolute atomic E-state index is 12.0. The zero-order valence-corrected chi connectivity index (χ0v) is 23.7. The molecule has 2 N–H and O–H groups in total. The minimum atomic E-state index is -3.38. The van der Waals surface area contributed by atoms with E-state index in [1.165, 1.54) is 11.1 Å². The van der Waals surface area contributed by atoms with E-state index in [-0.39, 0.29) is 10.3 Å². The number of sulfone groups is 1. The van der Waals surface area contributed by atoms with Crippen LogP contribution in [0.2, 0.25) is 25.7 Å². The van der Waals surface area contributed by atoms with E-state index in [0.717, 1.165) is 53.2 Å². The third-order valence-corrected chi connectivity index (χ3v) is 10.7. The number of piperidine rings is 1. The Hall–Kier alpha value is -2.48. The number of likely N-dealkylation sites (tertiary alicyclic amines) is 1. The molecule has 0 bridgehead atoms. The van der Waals surface area contributed by atoms with Crippen molar-refractivity contribution in [2.24, 2.45) is 0 Å². The highest BCUT2D eigenvalue weighted by Crippen LogP contribution is 2.38. The molecule has 3 aromatic heterocycles. The average Bonchev–Trinajstić information content (AvgIpc) is 3.44. The van der Waals surface area contributed by atoms with Gasteiger partial charge in [-0.25, -0.2) is 23.2 Å². The molecule has 0 aliphatic carbocycles. The fourth-order valence-corrected chi connectivity index (χ4v) is 6.64. The second-order valence-corrected chi connectivity index (χ2v) is 19.3. The van der Waals surface area contributed by atoms with Crippen molar-refractivity contribution < 1.29 is 23.1 Å². The van der Waals surface area contributed by atoms with Crippen molar-refractivity contribution in [3.8, 4) is 10.6 Å². The van der Waals surface area contributed by atoms with Crippen molar-refractivity contribution in [1.82, 2.24) is 19.4 Å². The number of thiazole rings is 1. The molecular weight excluding hydrogens is 519 g/mol. The summed E-state index contributed by atoms with van der Waals surface area (Å²) >= 11 is 1.10. The number of nitrogens with one attached hydrogen (secondary N) is 1. The number of amides is 1. The van der Waals surface area contributed by atoms with Gasteiger partial charge in [-0.1, -0.05) is 19.6 Å². The number of nitrogens with zero attached hydrogens (tertiary/aromatic N) is 4. The van der Waals surface area contributed by atoms with Crippen LogP contribution < -0.4 is 5.32 Å². The van der Waals surface area contributed by atoms with E-state index in [2.05, 4.69) is 34.9 Å². The van der Waals surface area contributed by atoms with E-state index in [1.54, 1.807) is 6.20 Å². The third-order valence-electron chi connectivity index (χ3n) is 6.14. The van der Waals surface area contributed by atoms with Gasteiger partial charge < -0.3 is 24.6 Å². The number of hydrogen-bond donors (Lipinski definition) is 2. The molecule has 1 amide bonds.